The number of aliphatic hydroxyl groups is 1. The molecule has 3 rings (SSSR count). The maximum atomic E-state index is 10.9. The third-order valence-corrected chi connectivity index (χ3v) is 5.77. The Balaban J connectivity index is 1.78. The summed E-state index contributed by atoms with van der Waals surface area (Å²) in [4.78, 5) is 2.54. The molecule has 0 saturated carbocycles. The lowest BCUT2D eigenvalue weighted by Gasteiger charge is -2.41. The van der Waals surface area contributed by atoms with E-state index in [0.717, 1.165) is 35.2 Å². The highest BCUT2D eigenvalue weighted by Crippen LogP contribution is 2.36. The van der Waals surface area contributed by atoms with Crippen molar-refractivity contribution in [2.24, 2.45) is 7.05 Å². The minimum atomic E-state index is -0.561. The molecule has 2 atom stereocenters. The van der Waals surface area contributed by atoms with Gasteiger partial charge < -0.3 is 10.0 Å². The molecule has 1 N–H and O–H groups in total. The standard InChI is InChI=1S/C14H22BrN3O/c1-10-13(15)12(17(2)16-10)9-14(19)5-7-18-6-3-4-11(18)8-14/h11,19H,3-9H2,1-2H3. The van der Waals surface area contributed by atoms with Crippen LogP contribution in [0.3, 0.4) is 0 Å². The van der Waals surface area contributed by atoms with E-state index in [1.54, 1.807) is 0 Å². The number of rotatable bonds is 2. The van der Waals surface area contributed by atoms with Crippen LogP contribution in [0, 0.1) is 6.92 Å². The minimum absolute atomic E-state index is 0.561. The van der Waals surface area contributed by atoms with Gasteiger partial charge in [0.25, 0.3) is 0 Å². The second-order valence-corrected chi connectivity index (χ2v) is 6.95. The first kappa shape index (κ1) is 13.6. The second-order valence-electron chi connectivity index (χ2n) is 6.16. The molecule has 2 fully saturated rings. The van der Waals surface area contributed by atoms with E-state index in [9.17, 15) is 5.11 Å². The van der Waals surface area contributed by atoms with Crippen molar-refractivity contribution in [3.05, 3.63) is 15.9 Å². The largest absolute Gasteiger partial charge is 0.389 e. The van der Waals surface area contributed by atoms with E-state index in [-0.39, 0.29) is 0 Å². The third kappa shape index (κ3) is 2.48. The lowest BCUT2D eigenvalue weighted by atomic mass is 9.83. The van der Waals surface area contributed by atoms with Crippen LogP contribution in [0.1, 0.15) is 37.1 Å². The summed E-state index contributed by atoms with van der Waals surface area (Å²) in [6.07, 6.45) is 5.02. The first-order valence-electron chi connectivity index (χ1n) is 7.13. The number of nitrogens with zero attached hydrogens (tertiary/aromatic N) is 3. The number of aryl methyl sites for hydroxylation is 2. The lowest BCUT2D eigenvalue weighted by molar-refractivity contribution is -0.0366. The Labute approximate surface area is 122 Å². The normalized spacial score (nSPS) is 31.7. The van der Waals surface area contributed by atoms with Crippen molar-refractivity contribution in [2.45, 2.75) is 50.7 Å². The molecule has 3 heterocycles. The van der Waals surface area contributed by atoms with Gasteiger partial charge >= 0.3 is 0 Å². The maximum Gasteiger partial charge on any atom is 0.0738 e. The number of hydrogen-bond acceptors (Lipinski definition) is 3. The molecule has 0 spiro atoms. The zero-order valence-corrected chi connectivity index (χ0v) is 13.3. The zero-order valence-electron chi connectivity index (χ0n) is 11.7. The molecule has 2 aliphatic heterocycles. The van der Waals surface area contributed by atoms with Crippen LogP contribution in [0.25, 0.3) is 0 Å². The third-order valence-electron chi connectivity index (χ3n) is 4.74. The summed E-state index contributed by atoms with van der Waals surface area (Å²) in [5.74, 6) is 0. The molecule has 0 amide bonds. The van der Waals surface area contributed by atoms with E-state index in [2.05, 4.69) is 25.9 Å². The Morgan fingerprint density at radius 1 is 1.47 bits per heavy atom. The van der Waals surface area contributed by atoms with Gasteiger partial charge in [0.1, 0.15) is 0 Å². The first-order valence-corrected chi connectivity index (χ1v) is 7.92. The highest BCUT2D eigenvalue weighted by molar-refractivity contribution is 9.10. The number of piperidine rings is 1. The van der Waals surface area contributed by atoms with Crippen molar-refractivity contribution in [1.82, 2.24) is 14.7 Å². The molecule has 4 nitrogen and oxygen atoms in total. The van der Waals surface area contributed by atoms with Crippen molar-refractivity contribution < 1.29 is 5.11 Å². The van der Waals surface area contributed by atoms with Crippen molar-refractivity contribution >= 4 is 15.9 Å². The quantitative estimate of drug-likeness (QED) is 0.903. The average Bonchev–Trinajstić information content (AvgIpc) is 2.89. The minimum Gasteiger partial charge on any atom is -0.389 e. The molecule has 1 aromatic rings. The molecule has 19 heavy (non-hydrogen) atoms. The van der Waals surface area contributed by atoms with E-state index >= 15 is 0 Å². The highest BCUT2D eigenvalue weighted by atomic mass is 79.9. The van der Waals surface area contributed by atoms with Gasteiger partial charge in [-0.05, 0) is 55.1 Å². The Morgan fingerprint density at radius 2 is 2.26 bits per heavy atom. The van der Waals surface area contributed by atoms with Crippen molar-refractivity contribution in [1.29, 1.82) is 0 Å². The van der Waals surface area contributed by atoms with Crippen LogP contribution in [-0.2, 0) is 13.5 Å². The topological polar surface area (TPSA) is 41.3 Å². The van der Waals surface area contributed by atoms with Crippen LogP contribution in [0.4, 0.5) is 0 Å². The van der Waals surface area contributed by atoms with E-state index < -0.39 is 5.60 Å². The molecular weight excluding hydrogens is 306 g/mol. The Morgan fingerprint density at radius 3 is 2.95 bits per heavy atom. The number of hydrogen-bond donors (Lipinski definition) is 1. The summed E-state index contributed by atoms with van der Waals surface area (Å²) >= 11 is 3.60. The Bertz CT molecular complexity index is 487. The monoisotopic (exact) mass is 327 g/mol. The van der Waals surface area contributed by atoms with Gasteiger partial charge in [-0.25, -0.2) is 0 Å². The molecule has 5 heteroatoms. The van der Waals surface area contributed by atoms with Crippen LogP contribution < -0.4 is 0 Å². The molecule has 106 valence electrons. The summed E-state index contributed by atoms with van der Waals surface area (Å²) in [7, 11) is 1.96. The van der Waals surface area contributed by atoms with Crippen LogP contribution >= 0.6 is 15.9 Å². The highest BCUT2D eigenvalue weighted by Gasteiger charge is 2.41. The van der Waals surface area contributed by atoms with E-state index in [4.69, 9.17) is 0 Å². The van der Waals surface area contributed by atoms with Gasteiger partial charge in [-0.3, -0.25) is 4.68 Å². The van der Waals surface area contributed by atoms with Crippen molar-refractivity contribution in [2.75, 3.05) is 13.1 Å². The molecule has 2 aliphatic rings. The van der Waals surface area contributed by atoms with Crippen LogP contribution in [0.15, 0.2) is 4.47 Å². The fraction of sp³-hybridized carbons (Fsp3) is 0.786. The predicted octanol–water partition coefficient (Wildman–Crippen LogP) is 2.02. The summed E-state index contributed by atoms with van der Waals surface area (Å²) in [5.41, 5.74) is 1.56. The molecule has 2 saturated heterocycles. The summed E-state index contributed by atoms with van der Waals surface area (Å²) in [6.45, 7) is 4.25. The summed E-state index contributed by atoms with van der Waals surface area (Å²) in [6, 6.07) is 0.590. The lowest BCUT2D eigenvalue weighted by Crippen LogP contribution is -2.49. The van der Waals surface area contributed by atoms with Gasteiger partial charge in [0, 0.05) is 26.1 Å². The van der Waals surface area contributed by atoms with Gasteiger partial charge in [0.15, 0.2) is 0 Å². The second kappa shape index (κ2) is 4.86. The van der Waals surface area contributed by atoms with Gasteiger partial charge in [-0.1, -0.05) is 0 Å². The molecule has 0 bridgehead atoms. The Hall–Kier alpha value is -0.390. The SMILES string of the molecule is Cc1nn(C)c(CC2(O)CCN3CCCC3C2)c1Br. The first-order chi connectivity index (χ1) is 8.98. The van der Waals surface area contributed by atoms with Crippen LogP contribution in [0.5, 0.6) is 0 Å². The average molecular weight is 328 g/mol. The smallest absolute Gasteiger partial charge is 0.0738 e. The maximum absolute atomic E-state index is 10.9. The number of fused-ring (bicyclic) bond motifs is 1. The van der Waals surface area contributed by atoms with Gasteiger partial charge in [-0.2, -0.15) is 5.10 Å². The molecule has 2 unspecified atom stereocenters. The van der Waals surface area contributed by atoms with Crippen LogP contribution in [-0.4, -0.2) is 44.5 Å². The van der Waals surface area contributed by atoms with E-state index in [0.29, 0.717) is 12.5 Å². The summed E-state index contributed by atoms with van der Waals surface area (Å²) in [5, 5.41) is 15.4. The van der Waals surface area contributed by atoms with Crippen LogP contribution in [0.2, 0.25) is 0 Å². The van der Waals surface area contributed by atoms with Gasteiger partial charge in [0.2, 0.25) is 0 Å². The van der Waals surface area contributed by atoms with E-state index in [1.807, 2.05) is 18.7 Å². The fourth-order valence-electron chi connectivity index (χ4n) is 3.66. The molecule has 0 aliphatic carbocycles. The molecular formula is C14H22BrN3O. The molecule has 1 aromatic heterocycles. The molecule has 0 radical (unpaired) electrons. The molecule has 0 aromatic carbocycles. The number of aromatic nitrogens is 2. The van der Waals surface area contributed by atoms with Gasteiger partial charge in [0.05, 0.1) is 21.5 Å². The van der Waals surface area contributed by atoms with Gasteiger partial charge in [-0.15, -0.1) is 0 Å². The zero-order chi connectivity index (χ0) is 13.6. The van der Waals surface area contributed by atoms with E-state index in [1.165, 1.54) is 19.4 Å². The number of halogens is 1. The van der Waals surface area contributed by atoms with Crippen molar-refractivity contribution in [3.63, 3.8) is 0 Å². The Kier molecular flexibility index (Phi) is 3.48. The fourth-order valence-corrected chi connectivity index (χ4v) is 4.13. The summed E-state index contributed by atoms with van der Waals surface area (Å²) < 4.78 is 2.95. The van der Waals surface area contributed by atoms with Crippen molar-refractivity contribution in [3.8, 4) is 0 Å². The predicted molar refractivity (Wildman–Crippen MR) is 78.1 cm³/mol.